The summed E-state index contributed by atoms with van der Waals surface area (Å²) < 4.78 is 0. The number of benzene rings is 3. The van der Waals surface area contributed by atoms with Gasteiger partial charge in [0.1, 0.15) is 0 Å². The molecule has 1 atom stereocenters. The molecule has 160 valence electrons. The molecule has 1 amide bonds. The minimum absolute atomic E-state index is 0.0180. The molecule has 1 aliphatic rings. The number of nitro groups is 1. The van der Waals surface area contributed by atoms with E-state index in [9.17, 15) is 14.9 Å². The van der Waals surface area contributed by atoms with Gasteiger partial charge >= 0.3 is 0 Å². The zero-order chi connectivity index (χ0) is 21.8. The lowest BCUT2D eigenvalue weighted by molar-refractivity contribution is -0.384. The van der Waals surface area contributed by atoms with E-state index in [2.05, 4.69) is 45.4 Å². The van der Waals surface area contributed by atoms with Crippen LogP contribution in [0.1, 0.15) is 18.5 Å². The first-order chi connectivity index (χ1) is 15.0. The van der Waals surface area contributed by atoms with Gasteiger partial charge < -0.3 is 10.2 Å². The standard InChI is InChI=1S/C24H26N4O3/c1-18(20-7-6-19-4-2-3-5-21(19)16-20)25-24(29)17-26-12-14-27(15-13-26)22-8-10-23(11-9-22)28(30)31/h2-11,16,18H,12-15,17H2,1H3,(H,25,29)/t18-/m1/s1. The SMILES string of the molecule is C[C@@H](NC(=O)CN1CCN(c2ccc([N+](=O)[O-])cc2)CC1)c1ccc2ccccc2c1. The lowest BCUT2D eigenvalue weighted by Crippen LogP contribution is -2.49. The van der Waals surface area contributed by atoms with Crippen LogP contribution in [0.5, 0.6) is 0 Å². The van der Waals surface area contributed by atoms with Crippen LogP contribution in [0.25, 0.3) is 10.8 Å². The topological polar surface area (TPSA) is 78.7 Å². The molecular formula is C24H26N4O3. The Bertz CT molecular complexity index is 1080. The normalized spacial score (nSPS) is 15.6. The molecule has 31 heavy (non-hydrogen) atoms. The van der Waals surface area contributed by atoms with Crippen LogP contribution >= 0.6 is 0 Å². The number of anilines is 1. The van der Waals surface area contributed by atoms with E-state index in [4.69, 9.17) is 0 Å². The maximum Gasteiger partial charge on any atom is 0.269 e. The Labute approximate surface area is 181 Å². The molecule has 0 aromatic heterocycles. The minimum atomic E-state index is -0.390. The molecule has 1 saturated heterocycles. The van der Waals surface area contributed by atoms with Crippen LogP contribution in [0.2, 0.25) is 0 Å². The monoisotopic (exact) mass is 418 g/mol. The Morgan fingerprint density at radius 3 is 2.35 bits per heavy atom. The first-order valence-corrected chi connectivity index (χ1v) is 10.5. The van der Waals surface area contributed by atoms with E-state index in [1.54, 1.807) is 12.1 Å². The van der Waals surface area contributed by atoms with Gasteiger partial charge in [0.15, 0.2) is 0 Å². The maximum atomic E-state index is 12.6. The molecule has 1 N–H and O–H groups in total. The quantitative estimate of drug-likeness (QED) is 0.487. The fraction of sp³-hybridized carbons (Fsp3) is 0.292. The van der Waals surface area contributed by atoms with Gasteiger partial charge in [0.05, 0.1) is 17.5 Å². The zero-order valence-corrected chi connectivity index (χ0v) is 17.5. The van der Waals surface area contributed by atoms with Crippen LogP contribution in [0.4, 0.5) is 11.4 Å². The highest BCUT2D eigenvalue weighted by molar-refractivity contribution is 5.83. The van der Waals surface area contributed by atoms with Crippen molar-refractivity contribution in [3.63, 3.8) is 0 Å². The molecule has 1 aliphatic heterocycles. The van der Waals surface area contributed by atoms with Gasteiger partial charge in [-0.2, -0.15) is 0 Å². The number of rotatable bonds is 6. The van der Waals surface area contributed by atoms with Crippen LogP contribution in [0.15, 0.2) is 66.7 Å². The molecule has 0 spiro atoms. The predicted octanol–water partition coefficient (Wildman–Crippen LogP) is 3.75. The van der Waals surface area contributed by atoms with Crippen molar-refractivity contribution in [3.8, 4) is 0 Å². The molecule has 3 aromatic rings. The number of hydrogen-bond donors (Lipinski definition) is 1. The summed E-state index contributed by atoms with van der Waals surface area (Å²) in [6, 6.07) is 21.1. The van der Waals surface area contributed by atoms with Gasteiger partial charge in [-0.1, -0.05) is 36.4 Å². The lowest BCUT2D eigenvalue weighted by atomic mass is 10.0. The predicted molar refractivity (Wildman–Crippen MR) is 122 cm³/mol. The number of non-ortho nitro benzene ring substituents is 1. The molecule has 0 bridgehead atoms. The van der Waals surface area contributed by atoms with Crippen molar-refractivity contribution in [2.45, 2.75) is 13.0 Å². The van der Waals surface area contributed by atoms with Gasteiger partial charge in [0, 0.05) is 44.0 Å². The van der Waals surface area contributed by atoms with E-state index in [1.165, 1.54) is 22.9 Å². The Hall–Kier alpha value is -3.45. The Balaban J connectivity index is 1.28. The van der Waals surface area contributed by atoms with E-state index in [-0.39, 0.29) is 22.6 Å². The molecule has 4 rings (SSSR count). The van der Waals surface area contributed by atoms with Crippen molar-refractivity contribution in [1.29, 1.82) is 0 Å². The first kappa shape index (κ1) is 20.8. The summed E-state index contributed by atoms with van der Waals surface area (Å²) in [6.07, 6.45) is 0. The van der Waals surface area contributed by atoms with E-state index in [1.807, 2.05) is 19.1 Å². The summed E-state index contributed by atoms with van der Waals surface area (Å²) >= 11 is 0. The highest BCUT2D eigenvalue weighted by Gasteiger charge is 2.20. The summed E-state index contributed by atoms with van der Waals surface area (Å²) in [7, 11) is 0. The van der Waals surface area contributed by atoms with Crippen LogP contribution in [-0.4, -0.2) is 48.5 Å². The van der Waals surface area contributed by atoms with Crippen molar-refractivity contribution in [2.24, 2.45) is 0 Å². The largest absolute Gasteiger partial charge is 0.369 e. The van der Waals surface area contributed by atoms with Crippen molar-refractivity contribution in [2.75, 3.05) is 37.6 Å². The number of fused-ring (bicyclic) bond motifs is 1. The number of piperazine rings is 1. The Kier molecular flexibility index (Phi) is 6.13. The molecule has 3 aromatic carbocycles. The molecule has 7 heteroatoms. The second-order valence-electron chi connectivity index (χ2n) is 7.93. The summed E-state index contributed by atoms with van der Waals surface area (Å²) in [5.41, 5.74) is 2.16. The molecule has 0 radical (unpaired) electrons. The fourth-order valence-electron chi connectivity index (χ4n) is 4.00. The van der Waals surface area contributed by atoms with Gasteiger partial charge in [0.25, 0.3) is 5.69 Å². The molecule has 7 nitrogen and oxygen atoms in total. The number of nitro benzene ring substituents is 1. The summed E-state index contributed by atoms with van der Waals surface area (Å²) in [4.78, 5) is 27.3. The van der Waals surface area contributed by atoms with E-state index < -0.39 is 0 Å². The van der Waals surface area contributed by atoms with Gasteiger partial charge in [-0.25, -0.2) is 0 Å². The minimum Gasteiger partial charge on any atom is -0.369 e. The highest BCUT2D eigenvalue weighted by Crippen LogP contribution is 2.22. The number of nitrogens with zero attached hydrogens (tertiary/aromatic N) is 3. The first-order valence-electron chi connectivity index (χ1n) is 10.5. The highest BCUT2D eigenvalue weighted by atomic mass is 16.6. The van der Waals surface area contributed by atoms with Gasteiger partial charge in [-0.15, -0.1) is 0 Å². The summed E-state index contributed by atoms with van der Waals surface area (Å²) in [5.74, 6) is 0.0180. The Morgan fingerprint density at radius 1 is 1.00 bits per heavy atom. The van der Waals surface area contributed by atoms with Crippen molar-refractivity contribution in [1.82, 2.24) is 10.2 Å². The summed E-state index contributed by atoms with van der Waals surface area (Å²) in [5, 5.41) is 16.3. The fourth-order valence-corrected chi connectivity index (χ4v) is 4.00. The third kappa shape index (κ3) is 5.00. The van der Waals surface area contributed by atoms with Crippen LogP contribution in [-0.2, 0) is 4.79 Å². The smallest absolute Gasteiger partial charge is 0.269 e. The second kappa shape index (κ2) is 9.14. The molecular weight excluding hydrogens is 392 g/mol. The van der Waals surface area contributed by atoms with E-state index in [0.717, 1.165) is 37.4 Å². The third-order valence-corrected chi connectivity index (χ3v) is 5.82. The lowest BCUT2D eigenvalue weighted by Gasteiger charge is -2.35. The number of carbonyl (C=O) groups is 1. The van der Waals surface area contributed by atoms with Gasteiger partial charge in [0.2, 0.25) is 5.91 Å². The average Bonchev–Trinajstić information content (AvgIpc) is 2.79. The molecule has 0 saturated carbocycles. The van der Waals surface area contributed by atoms with Crippen molar-refractivity contribution >= 4 is 28.1 Å². The zero-order valence-electron chi connectivity index (χ0n) is 17.5. The van der Waals surface area contributed by atoms with Crippen molar-refractivity contribution in [3.05, 3.63) is 82.4 Å². The van der Waals surface area contributed by atoms with Gasteiger partial charge in [-0.3, -0.25) is 19.8 Å². The number of carbonyl (C=O) groups excluding carboxylic acids is 1. The maximum absolute atomic E-state index is 12.6. The average molecular weight is 418 g/mol. The van der Waals surface area contributed by atoms with Gasteiger partial charge in [-0.05, 0) is 41.5 Å². The van der Waals surface area contributed by atoms with E-state index in [0.29, 0.717) is 6.54 Å². The number of nitrogens with one attached hydrogen (secondary N) is 1. The van der Waals surface area contributed by atoms with E-state index >= 15 is 0 Å². The van der Waals surface area contributed by atoms with Crippen LogP contribution in [0, 0.1) is 10.1 Å². The number of hydrogen-bond acceptors (Lipinski definition) is 5. The van der Waals surface area contributed by atoms with Crippen LogP contribution in [0.3, 0.4) is 0 Å². The molecule has 0 unspecified atom stereocenters. The molecule has 1 fully saturated rings. The molecule has 0 aliphatic carbocycles. The number of amides is 1. The molecule has 1 heterocycles. The summed E-state index contributed by atoms with van der Waals surface area (Å²) in [6.45, 7) is 5.49. The third-order valence-electron chi connectivity index (χ3n) is 5.82. The Morgan fingerprint density at radius 2 is 1.68 bits per heavy atom. The van der Waals surface area contributed by atoms with Crippen LogP contribution < -0.4 is 10.2 Å². The second-order valence-corrected chi connectivity index (χ2v) is 7.93. The van der Waals surface area contributed by atoms with Crippen molar-refractivity contribution < 1.29 is 9.72 Å².